The Kier molecular flexibility index (Phi) is 3.68. The maximum absolute atomic E-state index is 12.5. The zero-order valence-corrected chi connectivity index (χ0v) is 11.3. The predicted molar refractivity (Wildman–Crippen MR) is 73.2 cm³/mol. The molecule has 0 radical (unpaired) electrons. The second-order valence-corrected chi connectivity index (χ2v) is 6.31. The zero-order valence-electron chi connectivity index (χ0n) is 10.4. The molecule has 0 heterocycles. The van der Waals surface area contributed by atoms with Crippen molar-refractivity contribution in [2.75, 3.05) is 0 Å². The van der Waals surface area contributed by atoms with Gasteiger partial charge in [-0.2, -0.15) is 5.26 Å². The normalized spacial score (nSPS) is 12.6. The number of nitrogens with zero attached hydrogens (tertiary/aromatic N) is 1. The van der Waals surface area contributed by atoms with Crippen LogP contribution in [0.4, 0.5) is 0 Å². The molecule has 0 aliphatic carbocycles. The lowest BCUT2D eigenvalue weighted by atomic mass is 10.2. The summed E-state index contributed by atoms with van der Waals surface area (Å²) in [6.07, 6.45) is 0. The van der Waals surface area contributed by atoms with Crippen molar-refractivity contribution in [1.82, 2.24) is 0 Å². The minimum absolute atomic E-state index is 0.175. The maximum atomic E-state index is 12.5. The SMILES string of the molecule is Cc1ccc(S(=O)(=O)[C@H](C#N)c2ccccc2)cc1. The Morgan fingerprint density at radius 3 is 2.11 bits per heavy atom. The highest BCUT2D eigenvalue weighted by atomic mass is 32.2. The van der Waals surface area contributed by atoms with E-state index in [9.17, 15) is 13.7 Å². The van der Waals surface area contributed by atoms with Crippen LogP contribution >= 0.6 is 0 Å². The molecular weight excluding hydrogens is 258 g/mol. The molecule has 96 valence electrons. The number of hydrogen-bond donors (Lipinski definition) is 0. The number of nitriles is 1. The van der Waals surface area contributed by atoms with Crippen molar-refractivity contribution in [3.8, 4) is 6.07 Å². The molecule has 19 heavy (non-hydrogen) atoms. The number of benzene rings is 2. The van der Waals surface area contributed by atoms with Crippen molar-refractivity contribution in [3.63, 3.8) is 0 Å². The van der Waals surface area contributed by atoms with E-state index in [1.807, 2.05) is 13.0 Å². The van der Waals surface area contributed by atoms with E-state index in [-0.39, 0.29) is 4.90 Å². The third kappa shape index (κ3) is 2.67. The Labute approximate surface area is 113 Å². The third-order valence-corrected chi connectivity index (χ3v) is 4.81. The van der Waals surface area contributed by atoms with E-state index in [0.717, 1.165) is 5.56 Å². The molecule has 1 atom stereocenters. The third-order valence-electron chi connectivity index (χ3n) is 2.88. The standard InChI is InChI=1S/C15H13NO2S/c1-12-7-9-14(10-8-12)19(17,18)15(11-16)13-5-3-2-4-6-13/h2-10,15H,1H3/t15-/m1/s1. The van der Waals surface area contributed by atoms with E-state index in [4.69, 9.17) is 0 Å². The van der Waals surface area contributed by atoms with Gasteiger partial charge in [-0.25, -0.2) is 8.42 Å². The van der Waals surface area contributed by atoms with Crippen LogP contribution in [0.15, 0.2) is 59.5 Å². The van der Waals surface area contributed by atoms with Crippen LogP contribution in [-0.4, -0.2) is 8.42 Å². The van der Waals surface area contributed by atoms with Gasteiger partial charge >= 0.3 is 0 Å². The van der Waals surface area contributed by atoms with E-state index >= 15 is 0 Å². The summed E-state index contributed by atoms with van der Waals surface area (Å²) in [6, 6.07) is 17.0. The number of hydrogen-bond acceptors (Lipinski definition) is 3. The largest absolute Gasteiger partial charge is 0.222 e. The van der Waals surface area contributed by atoms with Gasteiger partial charge in [0, 0.05) is 0 Å². The fourth-order valence-corrected chi connectivity index (χ4v) is 3.26. The molecule has 3 nitrogen and oxygen atoms in total. The highest BCUT2D eigenvalue weighted by Crippen LogP contribution is 2.28. The second-order valence-electron chi connectivity index (χ2n) is 4.28. The van der Waals surface area contributed by atoms with Crippen molar-refractivity contribution in [1.29, 1.82) is 5.26 Å². The van der Waals surface area contributed by atoms with Crippen molar-refractivity contribution >= 4 is 9.84 Å². The average molecular weight is 271 g/mol. The molecule has 0 aliphatic rings. The fraction of sp³-hybridized carbons (Fsp3) is 0.133. The molecule has 0 saturated carbocycles. The molecule has 0 bridgehead atoms. The molecular formula is C15H13NO2S. The molecule has 2 aromatic rings. The maximum Gasteiger partial charge on any atom is 0.198 e. The summed E-state index contributed by atoms with van der Waals surface area (Å²) in [7, 11) is -3.68. The van der Waals surface area contributed by atoms with Crippen molar-refractivity contribution in [2.24, 2.45) is 0 Å². The average Bonchev–Trinajstić information content (AvgIpc) is 2.41. The van der Waals surface area contributed by atoms with E-state index < -0.39 is 15.1 Å². The van der Waals surface area contributed by atoms with Gasteiger partial charge < -0.3 is 0 Å². The second kappa shape index (κ2) is 5.25. The van der Waals surface area contributed by atoms with Crippen LogP contribution in [-0.2, 0) is 9.84 Å². The van der Waals surface area contributed by atoms with Crippen LogP contribution in [0.5, 0.6) is 0 Å². The van der Waals surface area contributed by atoms with Gasteiger partial charge in [-0.05, 0) is 24.6 Å². The minimum Gasteiger partial charge on any atom is -0.222 e. The topological polar surface area (TPSA) is 57.9 Å². The van der Waals surface area contributed by atoms with Gasteiger partial charge in [-0.1, -0.05) is 48.0 Å². The Morgan fingerprint density at radius 1 is 1.00 bits per heavy atom. The number of sulfone groups is 1. The Bertz CT molecular complexity index is 698. The van der Waals surface area contributed by atoms with Crippen LogP contribution in [0.1, 0.15) is 16.4 Å². The van der Waals surface area contributed by atoms with E-state index in [1.165, 1.54) is 12.1 Å². The molecule has 0 unspecified atom stereocenters. The minimum atomic E-state index is -3.68. The van der Waals surface area contributed by atoms with Crippen LogP contribution in [0.25, 0.3) is 0 Å². The summed E-state index contributed by atoms with van der Waals surface area (Å²) in [5, 5.41) is 8.03. The lowest BCUT2D eigenvalue weighted by molar-refractivity contribution is 0.591. The van der Waals surface area contributed by atoms with Crippen molar-refractivity contribution in [3.05, 3.63) is 65.7 Å². The fourth-order valence-electron chi connectivity index (χ4n) is 1.81. The van der Waals surface area contributed by atoms with Gasteiger partial charge in [-0.15, -0.1) is 0 Å². The summed E-state index contributed by atoms with van der Waals surface area (Å²) < 4.78 is 24.9. The van der Waals surface area contributed by atoms with Gasteiger partial charge in [0.05, 0.1) is 11.0 Å². The summed E-state index contributed by atoms with van der Waals surface area (Å²) in [4.78, 5) is 0.175. The first-order chi connectivity index (χ1) is 9.05. The molecule has 2 rings (SSSR count). The smallest absolute Gasteiger partial charge is 0.198 e. The number of aryl methyl sites for hydroxylation is 1. The Morgan fingerprint density at radius 2 is 1.58 bits per heavy atom. The zero-order chi connectivity index (χ0) is 13.9. The number of rotatable bonds is 3. The van der Waals surface area contributed by atoms with Crippen LogP contribution in [0.3, 0.4) is 0 Å². The predicted octanol–water partition coefficient (Wildman–Crippen LogP) is 3.03. The van der Waals surface area contributed by atoms with Crippen LogP contribution in [0, 0.1) is 18.3 Å². The first-order valence-electron chi connectivity index (χ1n) is 5.81. The Hall–Kier alpha value is -2.12. The summed E-state index contributed by atoms with van der Waals surface area (Å²) in [6.45, 7) is 1.88. The quantitative estimate of drug-likeness (QED) is 0.862. The summed E-state index contributed by atoms with van der Waals surface area (Å²) >= 11 is 0. The van der Waals surface area contributed by atoms with Crippen molar-refractivity contribution < 1.29 is 8.42 Å². The molecule has 4 heteroatoms. The van der Waals surface area contributed by atoms with E-state index in [0.29, 0.717) is 5.56 Å². The molecule has 0 amide bonds. The molecule has 2 aromatic carbocycles. The first kappa shape index (κ1) is 13.3. The lowest BCUT2D eigenvalue weighted by Gasteiger charge is -2.11. The monoisotopic (exact) mass is 271 g/mol. The highest BCUT2D eigenvalue weighted by Gasteiger charge is 2.28. The van der Waals surface area contributed by atoms with E-state index in [2.05, 4.69) is 0 Å². The molecule has 0 saturated heterocycles. The molecule has 0 fully saturated rings. The summed E-state index contributed by atoms with van der Waals surface area (Å²) in [5.41, 5.74) is 1.47. The van der Waals surface area contributed by atoms with E-state index in [1.54, 1.807) is 42.5 Å². The van der Waals surface area contributed by atoms with Gasteiger partial charge in [0.1, 0.15) is 0 Å². The van der Waals surface area contributed by atoms with Crippen LogP contribution in [0.2, 0.25) is 0 Å². The first-order valence-corrected chi connectivity index (χ1v) is 7.35. The van der Waals surface area contributed by atoms with Gasteiger partial charge in [0.25, 0.3) is 0 Å². The summed E-state index contributed by atoms with van der Waals surface area (Å²) in [5.74, 6) is 0. The Balaban J connectivity index is 2.49. The highest BCUT2D eigenvalue weighted by molar-refractivity contribution is 7.92. The molecule has 0 N–H and O–H groups in total. The van der Waals surface area contributed by atoms with Crippen molar-refractivity contribution in [2.45, 2.75) is 17.1 Å². The molecule has 0 spiro atoms. The molecule has 0 aromatic heterocycles. The van der Waals surface area contributed by atoms with Crippen LogP contribution < -0.4 is 0 Å². The van der Waals surface area contributed by atoms with Gasteiger partial charge in [0.15, 0.2) is 15.1 Å². The van der Waals surface area contributed by atoms with Gasteiger partial charge in [-0.3, -0.25) is 0 Å². The lowest BCUT2D eigenvalue weighted by Crippen LogP contribution is -2.12. The molecule has 0 aliphatic heterocycles. The van der Waals surface area contributed by atoms with Gasteiger partial charge in [0.2, 0.25) is 0 Å².